The average Bonchev–Trinajstić information content (AvgIpc) is 2.91. The Morgan fingerprint density at radius 3 is 2.50 bits per heavy atom. The first-order chi connectivity index (χ1) is 6.88. The van der Waals surface area contributed by atoms with Crippen LogP contribution in [0.1, 0.15) is 44.9 Å². The third kappa shape index (κ3) is 4.97. The summed E-state index contributed by atoms with van der Waals surface area (Å²) in [7, 11) is 2.06. The van der Waals surface area contributed by atoms with Crippen LogP contribution in [0.4, 0.5) is 0 Å². The zero-order valence-corrected chi connectivity index (χ0v) is 9.60. The lowest BCUT2D eigenvalue weighted by Crippen LogP contribution is -2.10. The number of unbranched alkanes of at least 4 members (excludes halogenated alkanes) is 4. The maximum atomic E-state index is 5.45. The highest BCUT2D eigenvalue weighted by atomic mass is 14.8. The van der Waals surface area contributed by atoms with Crippen LogP contribution in [-0.4, -0.2) is 20.1 Å². The van der Waals surface area contributed by atoms with Crippen molar-refractivity contribution in [1.29, 1.82) is 0 Å². The summed E-state index contributed by atoms with van der Waals surface area (Å²) in [4.78, 5) is 0. The van der Waals surface area contributed by atoms with Crippen molar-refractivity contribution >= 4 is 0 Å². The van der Waals surface area contributed by atoms with Gasteiger partial charge in [0.05, 0.1) is 0 Å². The molecule has 1 aliphatic carbocycles. The lowest BCUT2D eigenvalue weighted by atomic mass is 10.1. The first kappa shape index (κ1) is 12.0. The van der Waals surface area contributed by atoms with Gasteiger partial charge in [0.25, 0.3) is 0 Å². The Morgan fingerprint density at radius 2 is 1.79 bits per heavy atom. The molecule has 0 aromatic heterocycles. The van der Waals surface area contributed by atoms with Crippen LogP contribution in [0.3, 0.4) is 0 Å². The Kier molecular flexibility index (Phi) is 6.20. The van der Waals surface area contributed by atoms with Crippen LogP contribution in [0.5, 0.6) is 0 Å². The summed E-state index contributed by atoms with van der Waals surface area (Å²) < 4.78 is 0. The van der Waals surface area contributed by atoms with Crippen LogP contribution >= 0.6 is 0 Å². The third-order valence-electron chi connectivity index (χ3n) is 3.31. The number of nitrogens with one attached hydrogen (secondary N) is 1. The molecule has 2 heteroatoms. The lowest BCUT2D eigenvalue weighted by molar-refractivity contribution is 0.544. The van der Waals surface area contributed by atoms with Crippen molar-refractivity contribution in [3.05, 3.63) is 0 Å². The van der Waals surface area contributed by atoms with Crippen molar-refractivity contribution in [3.8, 4) is 0 Å². The highest BCUT2D eigenvalue weighted by Crippen LogP contribution is 2.41. The molecular formula is C12H26N2. The molecule has 2 atom stereocenters. The molecule has 2 unspecified atom stereocenters. The fourth-order valence-electron chi connectivity index (χ4n) is 2.26. The van der Waals surface area contributed by atoms with Crippen molar-refractivity contribution in [2.45, 2.75) is 44.9 Å². The largest absolute Gasteiger partial charge is 0.330 e. The monoisotopic (exact) mass is 198 g/mol. The first-order valence-electron chi connectivity index (χ1n) is 6.23. The highest BCUT2D eigenvalue weighted by Gasteiger charge is 2.34. The fourth-order valence-corrected chi connectivity index (χ4v) is 2.26. The van der Waals surface area contributed by atoms with E-state index in [4.69, 9.17) is 5.73 Å². The van der Waals surface area contributed by atoms with Crippen molar-refractivity contribution in [2.24, 2.45) is 17.6 Å². The zero-order chi connectivity index (χ0) is 10.2. The van der Waals surface area contributed by atoms with E-state index in [-0.39, 0.29) is 0 Å². The quantitative estimate of drug-likeness (QED) is 0.557. The Labute approximate surface area is 88.6 Å². The molecule has 0 aliphatic heterocycles. The van der Waals surface area contributed by atoms with Crippen LogP contribution < -0.4 is 11.1 Å². The molecule has 1 rings (SSSR count). The predicted molar refractivity (Wildman–Crippen MR) is 62.3 cm³/mol. The van der Waals surface area contributed by atoms with Crippen LogP contribution in [0.25, 0.3) is 0 Å². The predicted octanol–water partition coefficient (Wildman–Crippen LogP) is 2.14. The van der Waals surface area contributed by atoms with Gasteiger partial charge in [-0.05, 0) is 44.8 Å². The number of nitrogens with two attached hydrogens (primary N) is 1. The number of rotatable bonds is 9. The van der Waals surface area contributed by atoms with Gasteiger partial charge in [-0.1, -0.05) is 32.1 Å². The minimum Gasteiger partial charge on any atom is -0.330 e. The molecule has 1 saturated carbocycles. The summed E-state index contributed by atoms with van der Waals surface area (Å²) in [5.41, 5.74) is 5.45. The smallest absolute Gasteiger partial charge is 0.00208 e. The lowest BCUT2D eigenvalue weighted by Gasteiger charge is -2.01. The summed E-state index contributed by atoms with van der Waals surface area (Å²) in [6.45, 7) is 2.10. The molecular weight excluding hydrogens is 172 g/mol. The van der Waals surface area contributed by atoms with Crippen LogP contribution in [-0.2, 0) is 0 Å². The summed E-state index contributed by atoms with van der Waals surface area (Å²) in [6, 6.07) is 0. The normalized spacial score (nSPS) is 25.3. The van der Waals surface area contributed by atoms with Crippen molar-refractivity contribution < 1.29 is 0 Å². The van der Waals surface area contributed by atoms with Gasteiger partial charge >= 0.3 is 0 Å². The van der Waals surface area contributed by atoms with Gasteiger partial charge in [-0.2, -0.15) is 0 Å². The Morgan fingerprint density at radius 1 is 1.07 bits per heavy atom. The van der Waals surface area contributed by atoms with Gasteiger partial charge in [0, 0.05) is 0 Å². The average molecular weight is 198 g/mol. The molecule has 84 valence electrons. The molecule has 1 fully saturated rings. The molecule has 0 saturated heterocycles. The third-order valence-corrected chi connectivity index (χ3v) is 3.31. The van der Waals surface area contributed by atoms with Gasteiger partial charge in [-0.25, -0.2) is 0 Å². The first-order valence-corrected chi connectivity index (χ1v) is 6.23. The minimum atomic E-state index is 0.868. The standard InChI is InChI=1S/C12H26N2/c1-14-10-12-9-11(12)7-5-3-2-4-6-8-13/h11-12,14H,2-10,13H2,1H3. The second kappa shape index (κ2) is 7.24. The summed E-state index contributed by atoms with van der Waals surface area (Å²) >= 11 is 0. The molecule has 0 heterocycles. The fraction of sp³-hybridized carbons (Fsp3) is 1.00. The number of hydrogen-bond donors (Lipinski definition) is 2. The van der Waals surface area contributed by atoms with Gasteiger partial charge in [-0.15, -0.1) is 0 Å². The molecule has 0 aromatic rings. The summed E-state index contributed by atoms with van der Waals surface area (Å²) in [5.74, 6) is 2.06. The molecule has 0 amide bonds. The van der Waals surface area contributed by atoms with Crippen LogP contribution in [0.2, 0.25) is 0 Å². The van der Waals surface area contributed by atoms with Crippen molar-refractivity contribution in [3.63, 3.8) is 0 Å². The second-order valence-electron chi connectivity index (χ2n) is 4.66. The van der Waals surface area contributed by atoms with Gasteiger partial charge in [-0.3, -0.25) is 0 Å². The molecule has 0 aromatic carbocycles. The Hall–Kier alpha value is -0.0800. The zero-order valence-electron chi connectivity index (χ0n) is 9.60. The molecule has 2 nitrogen and oxygen atoms in total. The topological polar surface area (TPSA) is 38.0 Å². The van der Waals surface area contributed by atoms with E-state index in [9.17, 15) is 0 Å². The summed E-state index contributed by atoms with van der Waals surface area (Å²) in [6.07, 6.45) is 9.74. The van der Waals surface area contributed by atoms with Crippen molar-refractivity contribution in [2.75, 3.05) is 20.1 Å². The van der Waals surface area contributed by atoms with Crippen molar-refractivity contribution in [1.82, 2.24) is 5.32 Å². The molecule has 1 aliphatic rings. The van der Waals surface area contributed by atoms with E-state index in [1.165, 1.54) is 51.5 Å². The maximum Gasteiger partial charge on any atom is -0.00208 e. The second-order valence-corrected chi connectivity index (χ2v) is 4.66. The van der Waals surface area contributed by atoms with E-state index in [2.05, 4.69) is 12.4 Å². The van der Waals surface area contributed by atoms with Gasteiger partial charge in [0.1, 0.15) is 0 Å². The van der Waals surface area contributed by atoms with Gasteiger partial charge in [0.15, 0.2) is 0 Å². The SMILES string of the molecule is CNCC1CC1CCCCCCCN. The van der Waals surface area contributed by atoms with E-state index in [1.807, 2.05) is 0 Å². The molecule has 3 N–H and O–H groups in total. The summed E-state index contributed by atoms with van der Waals surface area (Å²) in [5, 5.41) is 3.26. The van der Waals surface area contributed by atoms with E-state index >= 15 is 0 Å². The molecule has 14 heavy (non-hydrogen) atoms. The van der Waals surface area contributed by atoms with Crippen LogP contribution in [0, 0.1) is 11.8 Å². The van der Waals surface area contributed by atoms with E-state index in [0.29, 0.717) is 0 Å². The minimum absolute atomic E-state index is 0.868. The van der Waals surface area contributed by atoms with Gasteiger partial charge in [0.2, 0.25) is 0 Å². The Bertz CT molecular complexity index is 136. The van der Waals surface area contributed by atoms with E-state index in [0.717, 1.165) is 18.4 Å². The molecule has 0 bridgehead atoms. The maximum absolute atomic E-state index is 5.45. The van der Waals surface area contributed by atoms with E-state index in [1.54, 1.807) is 0 Å². The highest BCUT2D eigenvalue weighted by molar-refractivity contribution is 4.86. The molecule has 0 radical (unpaired) electrons. The Balaban J connectivity index is 1.77. The molecule has 0 spiro atoms. The van der Waals surface area contributed by atoms with Crippen LogP contribution in [0.15, 0.2) is 0 Å². The van der Waals surface area contributed by atoms with E-state index < -0.39 is 0 Å². The number of hydrogen-bond acceptors (Lipinski definition) is 2. The van der Waals surface area contributed by atoms with Gasteiger partial charge < -0.3 is 11.1 Å².